The van der Waals surface area contributed by atoms with Gasteiger partial charge in [0.25, 0.3) is 5.91 Å². The van der Waals surface area contributed by atoms with Crippen molar-refractivity contribution in [2.75, 3.05) is 17.3 Å². The zero-order valence-corrected chi connectivity index (χ0v) is 24.7. The molecule has 40 heavy (non-hydrogen) atoms. The summed E-state index contributed by atoms with van der Waals surface area (Å²) < 4.78 is 39.3. The van der Waals surface area contributed by atoms with Gasteiger partial charge in [-0.3, -0.25) is 19.4 Å². The molecule has 3 heterocycles. The Labute approximate surface area is 242 Å². The number of carbonyl (C=O) groups excluding carboxylic acids is 2. The van der Waals surface area contributed by atoms with E-state index in [2.05, 4.69) is 30.9 Å². The predicted molar refractivity (Wildman–Crippen MR) is 152 cm³/mol. The maximum atomic E-state index is 15.0. The van der Waals surface area contributed by atoms with Crippen molar-refractivity contribution in [3.8, 4) is 11.1 Å². The molecule has 218 valence electrons. The fraction of sp³-hybridized carbons (Fsp3) is 0.480. The lowest BCUT2D eigenvalue weighted by Crippen LogP contribution is -2.44. The topological polar surface area (TPSA) is 152 Å². The number of sulfone groups is 1. The van der Waals surface area contributed by atoms with Crippen LogP contribution in [0.25, 0.3) is 11.1 Å². The Hall–Kier alpha value is -3.03. The van der Waals surface area contributed by atoms with Crippen molar-refractivity contribution in [2.24, 2.45) is 0 Å². The van der Waals surface area contributed by atoms with E-state index < -0.39 is 38.5 Å². The van der Waals surface area contributed by atoms with Crippen LogP contribution in [-0.2, 0) is 27.6 Å². The van der Waals surface area contributed by atoms with Crippen molar-refractivity contribution in [3.63, 3.8) is 0 Å². The van der Waals surface area contributed by atoms with Crippen LogP contribution < -0.4 is 10.6 Å². The van der Waals surface area contributed by atoms with Crippen LogP contribution in [0, 0.1) is 12.9 Å². The van der Waals surface area contributed by atoms with Crippen LogP contribution in [0.5, 0.6) is 0 Å². The monoisotopic (exact) mass is 615 g/mol. The zero-order chi connectivity index (χ0) is 29.4. The minimum atomic E-state index is -3.17. The zero-order valence-electron chi connectivity index (χ0n) is 22.4. The van der Waals surface area contributed by atoms with E-state index in [1.165, 1.54) is 29.1 Å². The Morgan fingerprint density at radius 3 is 2.58 bits per heavy atom. The van der Waals surface area contributed by atoms with Gasteiger partial charge in [-0.15, -0.1) is 23.2 Å². The second-order valence-electron chi connectivity index (χ2n) is 9.32. The van der Waals surface area contributed by atoms with Crippen LogP contribution in [0.4, 0.5) is 10.2 Å². The molecule has 0 unspecified atom stereocenters. The van der Waals surface area contributed by atoms with E-state index in [0.29, 0.717) is 36.2 Å². The standard InChI is InChI=1S/C25H32Cl2FN7O4S/c1-4-17-22(15(2)33-34-17)16-9-10-21(31-23(16)28)32-24(36)18(7-5-8-20(26)27)30-25(37)19-11-12-29-35(19)13-6-14-40(3,38)39/h9-12,18,20H,4-8,13-14H2,1-3H3,(H,30,37)(H,33,34)(H,31,32,36)/t18-/m0/s1. The van der Waals surface area contributed by atoms with Crippen LogP contribution >= 0.6 is 23.2 Å². The maximum absolute atomic E-state index is 15.0. The fourth-order valence-electron chi connectivity index (χ4n) is 4.15. The average Bonchev–Trinajstić information content (AvgIpc) is 3.49. The molecule has 3 rings (SSSR count). The number of aromatic amines is 1. The number of anilines is 1. The van der Waals surface area contributed by atoms with Crippen molar-refractivity contribution in [3.05, 3.63) is 47.4 Å². The fourth-order valence-corrected chi connectivity index (χ4v) is 5.12. The molecule has 11 nitrogen and oxygen atoms in total. The van der Waals surface area contributed by atoms with E-state index in [1.54, 1.807) is 6.92 Å². The predicted octanol–water partition coefficient (Wildman–Crippen LogP) is 3.82. The first-order valence-corrected chi connectivity index (χ1v) is 15.6. The van der Waals surface area contributed by atoms with Crippen LogP contribution in [-0.4, -0.2) is 68.1 Å². The molecule has 0 bridgehead atoms. The summed E-state index contributed by atoms with van der Waals surface area (Å²) in [5.41, 5.74) is 2.44. The Kier molecular flexibility index (Phi) is 11.1. The molecule has 0 aromatic carbocycles. The van der Waals surface area contributed by atoms with Gasteiger partial charge in [0, 0.05) is 35.8 Å². The van der Waals surface area contributed by atoms with Gasteiger partial charge in [-0.25, -0.2) is 13.4 Å². The van der Waals surface area contributed by atoms with Gasteiger partial charge in [0.05, 0.1) is 11.4 Å². The molecule has 0 aliphatic heterocycles. The number of nitrogens with one attached hydrogen (secondary N) is 3. The SMILES string of the molecule is CCc1n[nH]c(C)c1-c1ccc(NC(=O)[C@H](CCCC(Cl)Cl)NC(=O)c2ccnn2CCCS(C)(=O)=O)nc1F. The van der Waals surface area contributed by atoms with Crippen LogP contribution in [0.3, 0.4) is 0 Å². The van der Waals surface area contributed by atoms with E-state index in [4.69, 9.17) is 23.2 Å². The molecule has 0 saturated carbocycles. The summed E-state index contributed by atoms with van der Waals surface area (Å²) in [6.45, 7) is 3.89. The van der Waals surface area contributed by atoms with E-state index in [9.17, 15) is 18.0 Å². The van der Waals surface area contributed by atoms with E-state index >= 15 is 4.39 Å². The molecule has 0 aliphatic carbocycles. The minimum absolute atomic E-state index is 0.0249. The third-order valence-electron chi connectivity index (χ3n) is 6.10. The van der Waals surface area contributed by atoms with Crippen molar-refractivity contribution in [2.45, 2.75) is 63.4 Å². The lowest BCUT2D eigenvalue weighted by atomic mass is 10.0. The summed E-state index contributed by atoms with van der Waals surface area (Å²) in [6.07, 6.45) is 4.42. The first kappa shape index (κ1) is 31.5. The number of alkyl halides is 2. The number of pyridine rings is 1. The van der Waals surface area contributed by atoms with E-state index in [-0.39, 0.29) is 42.2 Å². The van der Waals surface area contributed by atoms with E-state index in [1.807, 2.05) is 6.92 Å². The number of halogens is 3. The van der Waals surface area contributed by atoms with Crippen molar-refractivity contribution in [1.29, 1.82) is 0 Å². The second-order valence-corrected chi connectivity index (χ2v) is 12.9. The number of H-pyrrole nitrogens is 1. The van der Waals surface area contributed by atoms with Gasteiger partial charge >= 0.3 is 0 Å². The van der Waals surface area contributed by atoms with Gasteiger partial charge in [-0.1, -0.05) is 6.92 Å². The molecule has 3 aromatic rings. The largest absolute Gasteiger partial charge is 0.339 e. The first-order chi connectivity index (χ1) is 18.9. The molecule has 15 heteroatoms. The number of hydrogen-bond acceptors (Lipinski definition) is 7. The van der Waals surface area contributed by atoms with Gasteiger partial charge < -0.3 is 10.6 Å². The summed E-state index contributed by atoms with van der Waals surface area (Å²) in [6, 6.07) is 3.44. The third kappa shape index (κ3) is 8.73. The Morgan fingerprint density at radius 1 is 1.18 bits per heavy atom. The quantitative estimate of drug-likeness (QED) is 0.184. The number of hydrogen-bond donors (Lipinski definition) is 3. The molecule has 0 radical (unpaired) electrons. The number of aromatic nitrogens is 5. The Morgan fingerprint density at radius 2 is 1.93 bits per heavy atom. The van der Waals surface area contributed by atoms with Gasteiger partial charge in [-0.05, 0) is 57.2 Å². The number of carbonyl (C=O) groups is 2. The Bertz CT molecular complexity index is 1440. The first-order valence-electron chi connectivity index (χ1n) is 12.7. The lowest BCUT2D eigenvalue weighted by molar-refractivity contribution is -0.118. The molecule has 2 amide bonds. The second kappa shape index (κ2) is 14.0. The summed E-state index contributed by atoms with van der Waals surface area (Å²) in [4.78, 5) is 29.5. The smallest absolute Gasteiger partial charge is 0.270 e. The van der Waals surface area contributed by atoms with Crippen LogP contribution in [0.15, 0.2) is 24.4 Å². The number of aryl methyl sites for hydroxylation is 3. The summed E-state index contributed by atoms with van der Waals surface area (Å²) >= 11 is 11.7. The molecule has 3 N–H and O–H groups in total. The summed E-state index contributed by atoms with van der Waals surface area (Å²) in [7, 11) is -3.17. The van der Waals surface area contributed by atoms with Crippen molar-refractivity contribution in [1.82, 2.24) is 30.3 Å². The minimum Gasteiger partial charge on any atom is -0.339 e. The highest BCUT2D eigenvalue weighted by Crippen LogP contribution is 2.28. The highest BCUT2D eigenvalue weighted by molar-refractivity contribution is 7.90. The van der Waals surface area contributed by atoms with Gasteiger partial charge in [0.1, 0.15) is 32.2 Å². The maximum Gasteiger partial charge on any atom is 0.270 e. The molecule has 1 atom stereocenters. The summed E-state index contributed by atoms with van der Waals surface area (Å²) in [5, 5.41) is 16.4. The molecule has 0 fully saturated rings. The number of rotatable bonds is 14. The van der Waals surface area contributed by atoms with Crippen LogP contribution in [0.1, 0.15) is 54.5 Å². The normalized spacial score (nSPS) is 12.5. The molecule has 3 aromatic heterocycles. The highest BCUT2D eigenvalue weighted by Gasteiger charge is 2.25. The van der Waals surface area contributed by atoms with Gasteiger partial charge in [-0.2, -0.15) is 14.6 Å². The Balaban J connectivity index is 1.75. The van der Waals surface area contributed by atoms with Gasteiger partial charge in [0.2, 0.25) is 11.9 Å². The van der Waals surface area contributed by atoms with Gasteiger partial charge in [0.15, 0.2) is 0 Å². The molecular formula is C25H32Cl2FN7O4S. The van der Waals surface area contributed by atoms with Crippen molar-refractivity contribution >= 4 is 50.7 Å². The lowest BCUT2D eigenvalue weighted by Gasteiger charge is -2.19. The molecule has 0 saturated heterocycles. The number of amides is 2. The van der Waals surface area contributed by atoms with E-state index in [0.717, 1.165) is 6.26 Å². The number of nitrogens with zero attached hydrogens (tertiary/aromatic N) is 4. The molecular weight excluding hydrogens is 584 g/mol. The third-order valence-corrected chi connectivity index (χ3v) is 7.56. The molecule has 0 spiro atoms. The van der Waals surface area contributed by atoms with Crippen molar-refractivity contribution < 1.29 is 22.4 Å². The molecule has 0 aliphatic rings. The average molecular weight is 617 g/mol. The van der Waals surface area contributed by atoms with Crippen LogP contribution in [0.2, 0.25) is 0 Å². The highest BCUT2D eigenvalue weighted by atomic mass is 35.5. The summed E-state index contributed by atoms with van der Waals surface area (Å²) in [5.74, 6) is -2.04.